The normalized spacial score (nSPS) is 27.2. The molecule has 1 saturated carbocycles. The lowest BCUT2D eigenvalue weighted by atomic mass is 9.82. The Hall–Kier alpha value is -1.78. The Morgan fingerprint density at radius 3 is 2.55 bits per heavy atom. The molecular weight excluding hydrogens is 430 g/mol. The molecule has 31 heavy (non-hydrogen) atoms. The molecule has 1 aliphatic heterocycles. The molecule has 3 rings (SSSR count). The molecule has 0 radical (unpaired) electrons. The van der Waals surface area contributed by atoms with Crippen molar-refractivity contribution in [1.29, 1.82) is 0 Å². The van der Waals surface area contributed by atoms with Gasteiger partial charge in [0.1, 0.15) is 0 Å². The van der Waals surface area contributed by atoms with Crippen LogP contribution in [0.15, 0.2) is 18.2 Å². The van der Waals surface area contributed by atoms with Crippen LogP contribution in [0, 0.1) is 11.6 Å². The van der Waals surface area contributed by atoms with Crippen molar-refractivity contribution in [2.24, 2.45) is 0 Å². The smallest absolute Gasteiger partial charge is 0.409 e. The zero-order chi connectivity index (χ0) is 22.6. The third-order valence-corrected chi connectivity index (χ3v) is 6.88. The van der Waals surface area contributed by atoms with Gasteiger partial charge in [-0.3, -0.25) is 0 Å². The summed E-state index contributed by atoms with van der Waals surface area (Å²) in [4.78, 5) is 13.7. The molecule has 2 fully saturated rings. The standard InChI is InChI=1S/C21H30F2N2O5S/c1-29-21(26)25-12-4-7-18(24-31(2,27)28)19(25)13-30-15-10-8-14(9-11-15)16-5-3-6-17(22)20(16)23/h3,5-6,14-15,18-19,24H,4,7-13H2,1-2H3/t14-,15+,18-,19-/m0/s1. The van der Waals surface area contributed by atoms with Gasteiger partial charge >= 0.3 is 6.09 Å². The lowest BCUT2D eigenvalue weighted by Crippen LogP contribution is -2.59. The molecule has 2 atom stereocenters. The van der Waals surface area contributed by atoms with Crippen molar-refractivity contribution in [1.82, 2.24) is 9.62 Å². The maximum absolute atomic E-state index is 14.1. The first-order valence-electron chi connectivity index (χ1n) is 10.6. The summed E-state index contributed by atoms with van der Waals surface area (Å²) < 4.78 is 64.7. The van der Waals surface area contributed by atoms with Gasteiger partial charge in [0.15, 0.2) is 11.6 Å². The number of nitrogens with zero attached hydrogens (tertiary/aromatic N) is 1. The van der Waals surface area contributed by atoms with Gasteiger partial charge in [-0.25, -0.2) is 26.7 Å². The van der Waals surface area contributed by atoms with E-state index >= 15 is 0 Å². The minimum absolute atomic E-state index is 0.0588. The largest absolute Gasteiger partial charge is 0.453 e. The van der Waals surface area contributed by atoms with E-state index in [9.17, 15) is 22.0 Å². The fourth-order valence-corrected chi connectivity index (χ4v) is 5.46. The van der Waals surface area contributed by atoms with Gasteiger partial charge in [-0.15, -0.1) is 0 Å². The van der Waals surface area contributed by atoms with Crippen LogP contribution >= 0.6 is 0 Å². The Balaban J connectivity index is 1.61. The molecule has 1 saturated heterocycles. The lowest BCUT2D eigenvalue weighted by molar-refractivity contribution is -0.0246. The molecule has 0 bridgehead atoms. The third-order valence-electron chi connectivity index (χ3n) is 6.15. The molecule has 174 valence electrons. The Kier molecular flexibility index (Phi) is 7.87. The summed E-state index contributed by atoms with van der Waals surface area (Å²) in [6.07, 6.45) is 4.43. The van der Waals surface area contributed by atoms with Crippen LogP contribution in [0.5, 0.6) is 0 Å². The van der Waals surface area contributed by atoms with Crippen molar-refractivity contribution < 1.29 is 31.5 Å². The summed E-state index contributed by atoms with van der Waals surface area (Å²) in [5.74, 6) is -1.67. The molecule has 7 nitrogen and oxygen atoms in total. The number of nitrogens with one attached hydrogen (secondary N) is 1. The summed E-state index contributed by atoms with van der Waals surface area (Å²) in [7, 11) is -2.16. The molecule has 1 heterocycles. The van der Waals surface area contributed by atoms with E-state index in [1.54, 1.807) is 6.07 Å². The number of carbonyl (C=O) groups excluding carboxylic acids is 1. The molecule has 1 aliphatic carbocycles. The van der Waals surface area contributed by atoms with E-state index in [0.717, 1.165) is 12.3 Å². The quantitative estimate of drug-likeness (QED) is 0.705. The predicted octanol–water partition coefficient (Wildman–Crippen LogP) is 3.16. The molecule has 0 spiro atoms. The molecule has 1 amide bonds. The molecule has 10 heteroatoms. The van der Waals surface area contributed by atoms with E-state index in [0.29, 0.717) is 50.6 Å². The predicted molar refractivity (Wildman–Crippen MR) is 111 cm³/mol. The Morgan fingerprint density at radius 2 is 1.90 bits per heavy atom. The molecular formula is C21H30F2N2O5S. The second-order valence-electron chi connectivity index (χ2n) is 8.32. The van der Waals surface area contributed by atoms with Crippen LogP contribution in [-0.4, -0.2) is 64.1 Å². The Morgan fingerprint density at radius 1 is 1.19 bits per heavy atom. The Labute approximate surface area is 182 Å². The minimum Gasteiger partial charge on any atom is -0.453 e. The van der Waals surface area contributed by atoms with Gasteiger partial charge in [0, 0.05) is 12.6 Å². The van der Waals surface area contributed by atoms with Crippen LogP contribution in [0.2, 0.25) is 0 Å². The maximum Gasteiger partial charge on any atom is 0.409 e. The van der Waals surface area contributed by atoms with Crippen LogP contribution in [0.3, 0.4) is 0 Å². The second-order valence-corrected chi connectivity index (χ2v) is 10.1. The van der Waals surface area contributed by atoms with Crippen LogP contribution in [0.4, 0.5) is 13.6 Å². The fourth-order valence-electron chi connectivity index (χ4n) is 4.63. The number of benzene rings is 1. The molecule has 1 N–H and O–H groups in total. The van der Waals surface area contributed by atoms with E-state index < -0.39 is 39.8 Å². The number of sulfonamides is 1. The third kappa shape index (κ3) is 6.14. The highest BCUT2D eigenvalue weighted by atomic mass is 32.2. The van der Waals surface area contributed by atoms with Gasteiger partial charge in [0.25, 0.3) is 0 Å². The van der Waals surface area contributed by atoms with E-state index in [1.165, 1.54) is 18.1 Å². The van der Waals surface area contributed by atoms with E-state index in [1.807, 2.05) is 0 Å². The summed E-state index contributed by atoms with van der Waals surface area (Å²) in [5.41, 5.74) is 0.403. The highest BCUT2D eigenvalue weighted by Crippen LogP contribution is 2.36. The summed E-state index contributed by atoms with van der Waals surface area (Å²) >= 11 is 0. The van der Waals surface area contributed by atoms with Crippen LogP contribution in [-0.2, 0) is 19.5 Å². The van der Waals surface area contributed by atoms with Crippen LogP contribution in [0.25, 0.3) is 0 Å². The summed E-state index contributed by atoms with van der Waals surface area (Å²) in [5, 5.41) is 0. The second kappa shape index (κ2) is 10.2. The summed E-state index contributed by atoms with van der Waals surface area (Å²) in [6.45, 7) is 0.639. The molecule has 0 unspecified atom stereocenters. The molecule has 2 aliphatic rings. The number of likely N-dealkylation sites (tertiary alicyclic amines) is 1. The van der Waals surface area contributed by atoms with E-state index in [2.05, 4.69) is 4.72 Å². The van der Waals surface area contributed by atoms with Gasteiger partial charge in [-0.2, -0.15) is 0 Å². The number of ether oxygens (including phenoxy) is 2. The number of hydrogen-bond acceptors (Lipinski definition) is 5. The number of piperidine rings is 1. The zero-order valence-corrected chi connectivity index (χ0v) is 18.7. The number of amides is 1. The number of carbonyl (C=O) groups is 1. The average molecular weight is 461 g/mol. The van der Waals surface area contributed by atoms with Gasteiger partial charge < -0.3 is 14.4 Å². The van der Waals surface area contributed by atoms with E-state index in [4.69, 9.17) is 9.47 Å². The van der Waals surface area contributed by atoms with Gasteiger partial charge in [-0.1, -0.05) is 12.1 Å². The SMILES string of the molecule is COC(=O)N1CCC[C@H](NS(C)(=O)=O)[C@@H]1CO[C@H]1CC[C@@H](c2cccc(F)c2F)CC1. The first kappa shape index (κ1) is 23.9. The first-order valence-corrected chi connectivity index (χ1v) is 12.5. The van der Waals surface area contributed by atoms with Crippen molar-refractivity contribution in [2.75, 3.05) is 26.5 Å². The van der Waals surface area contributed by atoms with Gasteiger partial charge in [0.2, 0.25) is 10.0 Å². The zero-order valence-electron chi connectivity index (χ0n) is 17.9. The maximum atomic E-state index is 14.1. The Bertz CT molecular complexity index is 875. The molecule has 1 aromatic carbocycles. The lowest BCUT2D eigenvalue weighted by Gasteiger charge is -2.41. The highest BCUT2D eigenvalue weighted by molar-refractivity contribution is 7.88. The molecule has 0 aromatic heterocycles. The van der Waals surface area contributed by atoms with Crippen LogP contribution in [0.1, 0.15) is 50.0 Å². The number of rotatable bonds is 6. The average Bonchev–Trinajstić information content (AvgIpc) is 2.73. The van der Waals surface area contributed by atoms with Crippen molar-refractivity contribution >= 4 is 16.1 Å². The van der Waals surface area contributed by atoms with Crippen LogP contribution < -0.4 is 4.72 Å². The van der Waals surface area contributed by atoms with Crippen molar-refractivity contribution in [3.05, 3.63) is 35.4 Å². The van der Waals surface area contributed by atoms with E-state index in [-0.39, 0.29) is 18.6 Å². The minimum atomic E-state index is -3.45. The number of halogens is 2. The summed E-state index contributed by atoms with van der Waals surface area (Å²) in [6, 6.07) is 3.33. The molecule has 1 aromatic rings. The van der Waals surface area contributed by atoms with Crippen molar-refractivity contribution in [3.63, 3.8) is 0 Å². The monoisotopic (exact) mass is 460 g/mol. The first-order chi connectivity index (χ1) is 14.7. The fraction of sp³-hybridized carbons (Fsp3) is 0.667. The van der Waals surface area contributed by atoms with Gasteiger partial charge in [0.05, 0.1) is 32.1 Å². The van der Waals surface area contributed by atoms with Crippen molar-refractivity contribution in [2.45, 2.75) is 62.6 Å². The highest BCUT2D eigenvalue weighted by Gasteiger charge is 2.37. The number of methoxy groups -OCH3 is 1. The van der Waals surface area contributed by atoms with Gasteiger partial charge in [-0.05, 0) is 56.1 Å². The van der Waals surface area contributed by atoms with Crippen molar-refractivity contribution in [3.8, 4) is 0 Å². The number of hydrogen-bond donors (Lipinski definition) is 1. The topological polar surface area (TPSA) is 84.9 Å².